The Morgan fingerprint density at radius 2 is 1.64 bits per heavy atom. The molecule has 0 aromatic rings. The van der Waals surface area contributed by atoms with E-state index in [1.54, 1.807) is 0 Å². The first-order chi connectivity index (χ1) is 16.4. The molecule has 4 nitrogen and oxygen atoms in total. The lowest BCUT2D eigenvalue weighted by atomic mass is 9.48. The zero-order chi connectivity index (χ0) is 26.9. The second-order valence-electron chi connectivity index (χ2n) is 11.1. The second-order valence-corrected chi connectivity index (χ2v) is 11.1. The van der Waals surface area contributed by atoms with Crippen LogP contribution in [-0.2, 0) is 19.1 Å². The smallest absolute Gasteiger partial charge is 0.460 e. The molecule has 0 radical (unpaired) electrons. The second kappa shape index (κ2) is 8.48. The fourth-order valence-corrected chi connectivity index (χ4v) is 7.22. The lowest BCUT2D eigenvalue weighted by Gasteiger charge is -2.56. The van der Waals surface area contributed by atoms with Gasteiger partial charge < -0.3 is 9.47 Å². The lowest BCUT2D eigenvalue weighted by molar-refractivity contribution is -0.347. The predicted molar refractivity (Wildman–Crippen MR) is 113 cm³/mol. The van der Waals surface area contributed by atoms with Gasteiger partial charge in [0.15, 0.2) is 0 Å². The van der Waals surface area contributed by atoms with Gasteiger partial charge in [-0.3, -0.25) is 4.79 Å². The summed E-state index contributed by atoms with van der Waals surface area (Å²) in [5, 5.41) is 0. The van der Waals surface area contributed by atoms with Gasteiger partial charge in [0.25, 0.3) is 0 Å². The molecular formula is C25H29F7O4. The van der Waals surface area contributed by atoms with Crippen LogP contribution in [0.3, 0.4) is 0 Å². The molecule has 0 bridgehead atoms. The normalized spacial score (nSPS) is 36.6. The van der Waals surface area contributed by atoms with E-state index < -0.39 is 29.4 Å². The number of ether oxygens (including phenoxy) is 2. The SMILES string of the molecule is CC(=O)OC1CC[C@H]2[C@@H]3CC=C4C=C(OC(=O)C(F)(F)C(F)(F)C(F)(F)F)CC[C@]4(C)[C@H]3CC[C@]12C. The van der Waals surface area contributed by atoms with Crippen LogP contribution in [0, 0.1) is 28.6 Å². The fourth-order valence-electron chi connectivity index (χ4n) is 7.22. The average Bonchev–Trinajstić information content (AvgIpc) is 3.08. The molecule has 36 heavy (non-hydrogen) atoms. The highest BCUT2D eigenvalue weighted by Gasteiger charge is 2.77. The third-order valence-corrected chi connectivity index (χ3v) is 9.18. The van der Waals surface area contributed by atoms with Crippen LogP contribution in [-0.4, -0.2) is 36.1 Å². The molecule has 6 atom stereocenters. The van der Waals surface area contributed by atoms with Gasteiger partial charge in [-0.05, 0) is 73.3 Å². The van der Waals surface area contributed by atoms with E-state index >= 15 is 0 Å². The largest absolute Gasteiger partial charge is 0.462 e. The minimum atomic E-state index is -6.61. The molecule has 4 aliphatic carbocycles. The molecule has 0 amide bonds. The number of hydrogen-bond acceptors (Lipinski definition) is 4. The van der Waals surface area contributed by atoms with Crippen molar-refractivity contribution in [1.82, 2.24) is 0 Å². The molecular weight excluding hydrogens is 497 g/mol. The summed E-state index contributed by atoms with van der Waals surface area (Å²) in [6, 6.07) is 0. The van der Waals surface area contributed by atoms with E-state index in [1.807, 2.05) is 13.0 Å². The molecule has 0 aromatic carbocycles. The standard InChI is InChI=1S/C25H29F7O4/c1-13(33)35-19-7-6-17-16-5-4-14-12-15(8-10-21(14,2)18(16)9-11-22(17,19)3)36-20(34)23(26,27)24(28,29)25(30,31)32/h4,12,16-19H,5-11H2,1-3H3/t16-,17-,18-,19?,21-,22-/m0/s1. The molecule has 0 saturated heterocycles. The Morgan fingerprint density at radius 3 is 2.25 bits per heavy atom. The topological polar surface area (TPSA) is 52.6 Å². The number of carbonyl (C=O) groups excluding carboxylic acids is 2. The Morgan fingerprint density at radius 1 is 0.972 bits per heavy atom. The highest BCUT2D eigenvalue weighted by molar-refractivity contribution is 5.80. The van der Waals surface area contributed by atoms with Gasteiger partial charge in [0.05, 0.1) is 0 Å². The molecule has 11 heteroatoms. The first kappa shape index (κ1) is 27.0. The Labute approximate surface area is 204 Å². The van der Waals surface area contributed by atoms with E-state index in [-0.39, 0.29) is 35.6 Å². The zero-order valence-corrected chi connectivity index (χ0v) is 20.2. The van der Waals surface area contributed by atoms with Crippen molar-refractivity contribution in [2.75, 3.05) is 0 Å². The zero-order valence-electron chi connectivity index (χ0n) is 20.2. The third-order valence-electron chi connectivity index (χ3n) is 9.18. The Bertz CT molecular complexity index is 1000. The monoisotopic (exact) mass is 526 g/mol. The quantitative estimate of drug-likeness (QED) is 0.300. The van der Waals surface area contributed by atoms with Crippen molar-refractivity contribution in [2.45, 2.75) is 89.8 Å². The number of fused-ring (bicyclic) bond motifs is 5. The number of alkyl halides is 7. The molecule has 0 aliphatic heterocycles. The molecule has 4 rings (SSSR count). The van der Waals surface area contributed by atoms with Crippen molar-refractivity contribution >= 4 is 11.9 Å². The van der Waals surface area contributed by atoms with Gasteiger partial charge in [-0.25, -0.2) is 4.79 Å². The Kier molecular flexibility index (Phi) is 6.35. The van der Waals surface area contributed by atoms with Crippen LogP contribution < -0.4 is 0 Å². The molecule has 2 saturated carbocycles. The number of esters is 2. The lowest BCUT2D eigenvalue weighted by Crippen LogP contribution is -2.56. The predicted octanol–water partition coefficient (Wildman–Crippen LogP) is 6.75. The maximum atomic E-state index is 13.7. The van der Waals surface area contributed by atoms with Gasteiger partial charge in [0, 0.05) is 18.8 Å². The summed E-state index contributed by atoms with van der Waals surface area (Å²) < 4.78 is 101. The molecule has 1 unspecified atom stereocenters. The third kappa shape index (κ3) is 3.95. The molecule has 2 fully saturated rings. The Hall–Kier alpha value is -2.07. The van der Waals surface area contributed by atoms with E-state index in [2.05, 4.69) is 11.7 Å². The fraction of sp³-hybridized carbons (Fsp3) is 0.760. The highest BCUT2D eigenvalue weighted by atomic mass is 19.4. The average molecular weight is 526 g/mol. The van der Waals surface area contributed by atoms with Gasteiger partial charge >= 0.3 is 30.0 Å². The molecule has 0 heterocycles. The van der Waals surface area contributed by atoms with E-state index in [9.17, 15) is 40.3 Å². The van der Waals surface area contributed by atoms with Crippen molar-refractivity contribution in [3.63, 3.8) is 0 Å². The van der Waals surface area contributed by atoms with E-state index in [0.29, 0.717) is 30.3 Å². The van der Waals surface area contributed by atoms with Crippen molar-refractivity contribution in [2.24, 2.45) is 28.6 Å². The first-order valence-electron chi connectivity index (χ1n) is 12.1. The van der Waals surface area contributed by atoms with Gasteiger partial charge in [-0.2, -0.15) is 30.7 Å². The molecule has 202 valence electrons. The number of hydrogen-bond donors (Lipinski definition) is 0. The number of carbonyl (C=O) groups is 2. The van der Waals surface area contributed by atoms with E-state index in [0.717, 1.165) is 25.7 Å². The van der Waals surface area contributed by atoms with Crippen LogP contribution in [0.4, 0.5) is 30.7 Å². The highest BCUT2D eigenvalue weighted by Crippen LogP contribution is 2.65. The first-order valence-corrected chi connectivity index (χ1v) is 12.1. The summed E-state index contributed by atoms with van der Waals surface area (Å²) in [6.07, 6.45) is 0.850. The van der Waals surface area contributed by atoms with Crippen LogP contribution >= 0.6 is 0 Å². The maximum Gasteiger partial charge on any atom is 0.460 e. The van der Waals surface area contributed by atoms with E-state index in [1.165, 1.54) is 13.0 Å². The summed E-state index contributed by atoms with van der Waals surface area (Å²) in [6.45, 7) is 5.58. The number of allylic oxidation sites excluding steroid dienone is 4. The molecule has 0 spiro atoms. The summed E-state index contributed by atoms with van der Waals surface area (Å²) in [4.78, 5) is 23.3. The van der Waals surface area contributed by atoms with Crippen LogP contribution in [0.25, 0.3) is 0 Å². The summed E-state index contributed by atoms with van der Waals surface area (Å²) in [5.74, 6) is -15.4. The van der Waals surface area contributed by atoms with Crippen molar-refractivity contribution in [3.05, 3.63) is 23.5 Å². The summed E-state index contributed by atoms with van der Waals surface area (Å²) in [5.41, 5.74) is 0.175. The van der Waals surface area contributed by atoms with Crippen molar-refractivity contribution < 1.29 is 49.8 Å². The maximum absolute atomic E-state index is 13.7. The van der Waals surface area contributed by atoms with E-state index in [4.69, 9.17) is 4.74 Å². The van der Waals surface area contributed by atoms with Crippen LogP contribution in [0.5, 0.6) is 0 Å². The van der Waals surface area contributed by atoms with Crippen LogP contribution in [0.2, 0.25) is 0 Å². The Balaban J connectivity index is 1.54. The summed E-state index contributed by atoms with van der Waals surface area (Å²) >= 11 is 0. The van der Waals surface area contributed by atoms with Gasteiger partial charge in [-0.1, -0.05) is 19.9 Å². The molecule has 0 aromatic heterocycles. The summed E-state index contributed by atoms with van der Waals surface area (Å²) in [7, 11) is 0. The minimum Gasteiger partial charge on any atom is -0.462 e. The van der Waals surface area contributed by atoms with Crippen LogP contribution in [0.15, 0.2) is 23.5 Å². The number of rotatable bonds is 4. The van der Waals surface area contributed by atoms with Gasteiger partial charge in [-0.15, -0.1) is 0 Å². The van der Waals surface area contributed by atoms with Gasteiger partial charge in [0.2, 0.25) is 0 Å². The van der Waals surface area contributed by atoms with Crippen molar-refractivity contribution in [3.8, 4) is 0 Å². The minimum absolute atomic E-state index is 0.0471. The molecule has 4 aliphatic rings. The van der Waals surface area contributed by atoms with Crippen LogP contribution in [0.1, 0.15) is 65.7 Å². The number of halogens is 7. The molecule has 0 N–H and O–H groups in total. The van der Waals surface area contributed by atoms with Crippen molar-refractivity contribution in [1.29, 1.82) is 0 Å². The van der Waals surface area contributed by atoms with Gasteiger partial charge in [0.1, 0.15) is 11.9 Å².